The number of piperazine rings is 2. The molecule has 2 aromatic carbocycles. The second-order valence-electron chi connectivity index (χ2n) is 10.8. The molecule has 8 nitrogen and oxygen atoms in total. The largest absolute Gasteiger partial charge is 0.417 e. The van der Waals surface area contributed by atoms with Crippen LogP contribution in [0.5, 0.6) is 0 Å². The van der Waals surface area contributed by atoms with Gasteiger partial charge in [0.15, 0.2) is 0 Å². The molecule has 0 radical (unpaired) electrons. The molecule has 2 aliphatic heterocycles. The van der Waals surface area contributed by atoms with Gasteiger partial charge in [0.1, 0.15) is 11.6 Å². The predicted octanol–water partition coefficient (Wildman–Crippen LogP) is 4.63. The molecule has 42 heavy (non-hydrogen) atoms. The summed E-state index contributed by atoms with van der Waals surface area (Å²) in [6.45, 7) is 8.04. The van der Waals surface area contributed by atoms with Gasteiger partial charge in [0, 0.05) is 74.9 Å². The zero-order chi connectivity index (χ0) is 30.2. The van der Waals surface area contributed by atoms with Gasteiger partial charge in [-0.1, -0.05) is 0 Å². The van der Waals surface area contributed by atoms with E-state index in [1.165, 1.54) is 24.5 Å². The highest BCUT2D eigenvalue weighted by atomic mass is 19.4. The van der Waals surface area contributed by atoms with Crippen molar-refractivity contribution in [1.29, 1.82) is 0 Å². The van der Waals surface area contributed by atoms with Crippen LogP contribution in [-0.4, -0.2) is 79.2 Å². The third-order valence-electron chi connectivity index (χ3n) is 7.91. The first-order valence-corrected chi connectivity index (χ1v) is 13.7. The maximum atomic E-state index is 15.7. The van der Waals surface area contributed by atoms with E-state index in [9.17, 15) is 22.4 Å². The van der Waals surface area contributed by atoms with E-state index in [0.29, 0.717) is 30.3 Å². The van der Waals surface area contributed by atoms with Crippen molar-refractivity contribution in [2.45, 2.75) is 32.1 Å². The molecule has 0 spiro atoms. The van der Waals surface area contributed by atoms with Gasteiger partial charge in [-0.15, -0.1) is 0 Å². The fourth-order valence-corrected chi connectivity index (χ4v) is 5.37. The van der Waals surface area contributed by atoms with E-state index < -0.39 is 34.8 Å². The Morgan fingerprint density at radius 3 is 2.24 bits per heavy atom. The SMILES string of the molecule is C[C@@H]1CN(c2cc(F)c(-c3cnc(N4CCNCC4)nc3)cc2NC(=O)c2ccc(F)cc2C(F)(F)F)C[C@H](C)N1C. The Labute approximate surface area is 240 Å². The summed E-state index contributed by atoms with van der Waals surface area (Å²) in [5, 5.41) is 5.81. The number of halogens is 5. The third-order valence-corrected chi connectivity index (χ3v) is 7.91. The van der Waals surface area contributed by atoms with Crippen LogP contribution in [0.15, 0.2) is 42.7 Å². The van der Waals surface area contributed by atoms with Crippen molar-refractivity contribution >= 4 is 23.2 Å². The molecule has 2 aliphatic rings. The quantitative estimate of drug-likeness (QED) is 0.421. The van der Waals surface area contributed by atoms with Crippen LogP contribution in [0, 0.1) is 11.6 Å². The molecular weight excluding hydrogens is 557 g/mol. The van der Waals surface area contributed by atoms with E-state index in [1.807, 2.05) is 30.7 Å². The fraction of sp³-hybridized carbons (Fsp3) is 0.414. The van der Waals surface area contributed by atoms with Crippen LogP contribution in [0.25, 0.3) is 11.1 Å². The molecule has 2 atom stereocenters. The molecule has 1 aromatic heterocycles. The normalized spacial score (nSPS) is 20.1. The van der Waals surface area contributed by atoms with E-state index in [-0.39, 0.29) is 29.4 Å². The molecule has 3 aromatic rings. The molecule has 0 aliphatic carbocycles. The van der Waals surface area contributed by atoms with Crippen LogP contribution < -0.4 is 20.4 Å². The van der Waals surface area contributed by atoms with Crippen molar-refractivity contribution in [2.24, 2.45) is 0 Å². The number of likely N-dealkylation sites (N-methyl/N-ethyl adjacent to an activating group) is 1. The summed E-state index contributed by atoms with van der Waals surface area (Å²) in [6.07, 6.45) is -2.00. The van der Waals surface area contributed by atoms with Gasteiger partial charge in [0.25, 0.3) is 5.91 Å². The zero-order valence-electron chi connectivity index (χ0n) is 23.5. The third kappa shape index (κ3) is 6.16. The van der Waals surface area contributed by atoms with Gasteiger partial charge < -0.3 is 20.4 Å². The summed E-state index contributed by atoms with van der Waals surface area (Å²) >= 11 is 0. The number of aromatic nitrogens is 2. The summed E-state index contributed by atoms with van der Waals surface area (Å²) in [6, 6.07) is 4.70. The molecule has 0 saturated carbocycles. The van der Waals surface area contributed by atoms with Gasteiger partial charge >= 0.3 is 6.18 Å². The fourth-order valence-electron chi connectivity index (χ4n) is 5.37. The van der Waals surface area contributed by atoms with E-state index >= 15 is 4.39 Å². The van der Waals surface area contributed by atoms with Crippen molar-refractivity contribution in [3.8, 4) is 11.1 Å². The Hall–Kier alpha value is -3.84. The molecule has 1 amide bonds. The molecule has 3 heterocycles. The number of hydrogen-bond donors (Lipinski definition) is 2. The number of carbonyl (C=O) groups is 1. The molecule has 224 valence electrons. The van der Waals surface area contributed by atoms with Crippen molar-refractivity contribution in [3.05, 3.63) is 65.5 Å². The van der Waals surface area contributed by atoms with Crippen molar-refractivity contribution < 1.29 is 26.7 Å². The lowest BCUT2D eigenvalue weighted by molar-refractivity contribution is -0.138. The minimum absolute atomic E-state index is 0.0753. The molecule has 13 heteroatoms. The average molecular weight is 590 g/mol. The Bertz CT molecular complexity index is 1430. The predicted molar refractivity (Wildman–Crippen MR) is 151 cm³/mol. The zero-order valence-corrected chi connectivity index (χ0v) is 23.5. The molecule has 0 unspecified atom stereocenters. The van der Waals surface area contributed by atoms with E-state index in [4.69, 9.17) is 0 Å². The Morgan fingerprint density at radius 1 is 0.976 bits per heavy atom. The number of benzene rings is 2. The first kappa shape index (κ1) is 29.6. The number of rotatable bonds is 5. The molecule has 5 rings (SSSR count). The number of alkyl halides is 3. The summed E-state index contributed by atoms with van der Waals surface area (Å²) in [7, 11) is 1.98. The molecule has 2 saturated heterocycles. The topological polar surface area (TPSA) is 76.6 Å². The Morgan fingerprint density at radius 2 is 1.62 bits per heavy atom. The van der Waals surface area contributed by atoms with Crippen LogP contribution in [0.2, 0.25) is 0 Å². The Kier molecular flexibility index (Phi) is 8.33. The number of nitrogens with one attached hydrogen (secondary N) is 2. The van der Waals surface area contributed by atoms with Gasteiger partial charge in [0.2, 0.25) is 5.95 Å². The summed E-state index contributed by atoms with van der Waals surface area (Å²) in [5.74, 6) is -2.31. The molecule has 2 fully saturated rings. The van der Waals surface area contributed by atoms with Gasteiger partial charge in [-0.3, -0.25) is 9.69 Å². The lowest BCUT2D eigenvalue weighted by Crippen LogP contribution is -2.55. The average Bonchev–Trinajstić information content (AvgIpc) is 2.96. The number of nitrogens with zero attached hydrogens (tertiary/aromatic N) is 5. The highest BCUT2D eigenvalue weighted by Gasteiger charge is 2.36. The first-order valence-electron chi connectivity index (χ1n) is 13.7. The van der Waals surface area contributed by atoms with Gasteiger partial charge in [-0.05, 0) is 51.2 Å². The van der Waals surface area contributed by atoms with Crippen LogP contribution in [-0.2, 0) is 6.18 Å². The Balaban J connectivity index is 1.54. The lowest BCUT2D eigenvalue weighted by atomic mass is 10.0. The monoisotopic (exact) mass is 589 g/mol. The maximum absolute atomic E-state index is 15.7. The minimum Gasteiger partial charge on any atom is -0.367 e. The second kappa shape index (κ2) is 11.8. The van der Waals surface area contributed by atoms with Gasteiger partial charge in [0.05, 0.1) is 22.5 Å². The van der Waals surface area contributed by atoms with Crippen LogP contribution in [0.3, 0.4) is 0 Å². The molecule has 0 bridgehead atoms. The highest BCUT2D eigenvalue weighted by molar-refractivity contribution is 6.07. The second-order valence-corrected chi connectivity index (χ2v) is 10.8. The van der Waals surface area contributed by atoms with Crippen molar-refractivity contribution in [1.82, 2.24) is 20.2 Å². The van der Waals surface area contributed by atoms with Crippen LogP contribution >= 0.6 is 0 Å². The number of amides is 1. The summed E-state index contributed by atoms with van der Waals surface area (Å²) < 4.78 is 70.5. The first-order chi connectivity index (χ1) is 19.9. The van der Waals surface area contributed by atoms with E-state index in [2.05, 4.69) is 25.5 Å². The van der Waals surface area contributed by atoms with Crippen LogP contribution in [0.4, 0.5) is 39.3 Å². The molecule has 2 N–H and O–H groups in total. The maximum Gasteiger partial charge on any atom is 0.417 e. The van der Waals surface area contributed by atoms with E-state index in [0.717, 1.165) is 38.3 Å². The van der Waals surface area contributed by atoms with Gasteiger partial charge in [-0.2, -0.15) is 13.2 Å². The molecular formula is C29H32F5N7O. The number of anilines is 3. The smallest absolute Gasteiger partial charge is 0.367 e. The minimum atomic E-state index is -4.96. The number of hydrogen-bond acceptors (Lipinski definition) is 7. The lowest BCUT2D eigenvalue weighted by Gasteiger charge is -2.44. The van der Waals surface area contributed by atoms with Gasteiger partial charge in [-0.25, -0.2) is 18.7 Å². The standard InChI is InChI=1S/C29H32F5N7O/c1-17-15-41(16-18(2)39(17)3)26-12-24(31)22(19-13-36-28(37-14-19)40-8-6-35-7-9-40)11-25(26)38-27(42)21-5-4-20(30)10-23(21)29(32,33)34/h4-5,10-14,17-18,35H,6-9,15-16H2,1-3H3,(H,38,42)/t17-,18+. The van der Waals surface area contributed by atoms with Crippen molar-refractivity contribution in [3.63, 3.8) is 0 Å². The summed E-state index contributed by atoms with van der Waals surface area (Å²) in [5.41, 5.74) is -1.29. The van der Waals surface area contributed by atoms with Crippen molar-refractivity contribution in [2.75, 3.05) is 61.4 Å². The van der Waals surface area contributed by atoms with Crippen LogP contribution in [0.1, 0.15) is 29.8 Å². The number of carbonyl (C=O) groups excluding carboxylic acids is 1. The van der Waals surface area contributed by atoms with E-state index in [1.54, 1.807) is 0 Å². The summed E-state index contributed by atoms with van der Waals surface area (Å²) in [4.78, 5) is 28.1. The highest BCUT2D eigenvalue weighted by Crippen LogP contribution is 2.37.